The number of amides is 1. The number of nitrogens with two attached hydrogens (primary N) is 1. The van der Waals surface area contributed by atoms with Gasteiger partial charge >= 0.3 is 5.97 Å². The number of carboxylic acid groups (broad SMARTS) is 1. The van der Waals surface area contributed by atoms with Crippen molar-refractivity contribution in [3.8, 4) is 23.0 Å². The molecule has 2 aliphatic rings. The molecule has 2 aliphatic heterocycles. The Morgan fingerprint density at radius 3 is 2.26 bits per heavy atom. The summed E-state index contributed by atoms with van der Waals surface area (Å²) in [5.74, 6) is 3.28. The summed E-state index contributed by atoms with van der Waals surface area (Å²) in [7, 11) is 1.51. The first-order chi connectivity index (χ1) is 19.8. The highest BCUT2D eigenvalue weighted by atomic mass is 32.2. The Morgan fingerprint density at radius 1 is 1.12 bits per heavy atom. The van der Waals surface area contributed by atoms with E-state index >= 15 is 8.78 Å². The molecule has 5 N–H and O–H groups in total. The number of carbonyl (C=O) groups is 2. The Balaban J connectivity index is 1.70. The van der Waals surface area contributed by atoms with Crippen LogP contribution in [-0.2, 0) is 15.1 Å². The predicted molar refractivity (Wildman–Crippen MR) is 163 cm³/mol. The maximum absolute atomic E-state index is 15.6. The van der Waals surface area contributed by atoms with Gasteiger partial charge in [-0.05, 0) is 42.7 Å². The van der Waals surface area contributed by atoms with Crippen molar-refractivity contribution < 1.29 is 33.2 Å². The maximum atomic E-state index is 15.6. The monoisotopic (exact) mass is 621 g/mol. The first kappa shape index (κ1) is 32.2. The molecule has 0 spiro atoms. The van der Waals surface area contributed by atoms with E-state index in [1.807, 2.05) is 24.3 Å². The zero-order valence-corrected chi connectivity index (χ0v) is 25.6. The average molecular weight is 622 g/mol. The summed E-state index contributed by atoms with van der Waals surface area (Å²) in [6.07, 6.45) is -0.484. The van der Waals surface area contributed by atoms with Gasteiger partial charge in [-0.1, -0.05) is 57.5 Å². The molecule has 42 heavy (non-hydrogen) atoms. The van der Waals surface area contributed by atoms with Gasteiger partial charge in [0.2, 0.25) is 5.91 Å². The standard InChI is InChI=1S/C30H36F3N4O3PS/c1-28(2,31)18-24-26(38)35-25(27(39)40)19-42-17-3-12-29(36-24,30(32,33)41)22-8-4-20(5-9-22)21-6-10-23(11-7-21)37-15-13-34-14-16-37/h4-11,24-25,34,36H,13-19,41H2,1-2H3,(H,35,38)(H,39,40)/p+1/t24-,25-,29?/m0/s1. The number of halogens is 3. The first-order valence-corrected chi connectivity index (χ1v) is 15.5. The van der Waals surface area contributed by atoms with Crippen molar-refractivity contribution in [3.05, 3.63) is 54.1 Å². The molecule has 0 radical (unpaired) electrons. The fourth-order valence-corrected chi connectivity index (χ4v) is 6.22. The number of alkyl halides is 3. The number of hydrogen-bond donors (Lipinski definition) is 4. The quantitative estimate of drug-likeness (QED) is 0.281. The Morgan fingerprint density at radius 2 is 1.71 bits per heavy atom. The van der Waals surface area contributed by atoms with Crippen LogP contribution in [0.5, 0.6) is 0 Å². The average Bonchev–Trinajstić information content (AvgIpc) is 2.97. The molecule has 7 nitrogen and oxygen atoms in total. The van der Waals surface area contributed by atoms with Crippen LogP contribution in [0.15, 0.2) is 48.5 Å². The zero-order valence-electron chi connectivity index (χ0n) is 23.6. The topological polar surface area (TPSA) is 98.3 Å². The van der Waals surface area contributed by atoms with Crippen LogP contribution in [0, 0.1) is 11.8 Å². The fourth-order valence-electron chi connectivity index (χ4n) is 5.15. The Bertz CT molecular complexity index is 1320. The molecule has 12 heteroatoms. The van der Waals surface area contributed by atoms with Gasteiger partial charge in [0.05, 0.1) is 38.0 Å². The van der Waals surface area contributed by atoms with E-state index in [1.165, 1.54) is 35.2 Å². The molecule has 1 saturated heterocycles. The van der Waals surface area contributed by atoms with E-state index in [0.29, 0.717) is 0 Å². The molecule has 2 aromatic rings. The van der Waals surface area contributed by atoms with Gasteiger partial charge in [-0.2, -0.15) is 8.78 Å². The summed E-state index contributed by atoms with van der Waals surface area (Å²) in [5, 5.41) is 16.9. The number of nitrogens with zero attached hydrogens (tertiary/aromatic N) is 1. The molecule has 0 aliphatic carbocycles. The van der Waals surface area contributed by atoms with Crippen molar-refractivity contribution in [1.29, 1.82) is 0 Å². The SMILES string of the molecule is CC(C)(F)C[C@@H]1NC(c2ccc(-c3ccc(N4CC[NH2+]CC4)cc3)cc2)(C(F)(F)P)C#CCSC[C@@H](C(=O)O)NC1=O. The summed E-state index contributed by atoms with van der Waals surface area (Å²) in [5.41, 5.74) is -4.97. The third-order valence-corrected chi connectivity index (χ3v) is 8.69. The number of piperazine rings is 1. The number of thioether (sulfide) groups is 1. The van der Waals surface area contributed by atoms with Crippen LogP contribution in [0.2, 0.25) is 0 Å². The minimum Gasteiger partial charge on any atom is -0.480 e. The lowest BCUT2D eigenvalue weighted by atomic mass is 9.86. The van der Waals surface area contributed by atoms with E-state index in [1.54, 1.807) is 12.1 Å². The molecule has 0 bridgehead atoms. The number of carboxylic acids is 1. The zero-order chi connectivity index (χ0) is 30.5. The molecule has 4 atom stereocenters. The molecule has 0 aromatic heterocycles. The molecule has 2 heterocycles. The largest absolute Gasteiger partial charge is 0.480 e. The summed E-state index contributed by atoms with van der Waals surface area (Å²) >= 11 is 1.10. The maximum Gasteiger partial charge on any atom is 0.327 e. The van der Waals surface area contributed by atoms with Crippen molar-refractivity contribution in [2.75, 3.05) is 42.6 Å². The van der Waals surface area contributed by atoms with Gasteiger partial charge < -0.3 is 20.6 Å². The van der Waals surface area contributed by atoms with Crippen LogP contribution >= 0.6 is 21.0 Å². The number of quaternary nitrogens is 1. The fraction of sp³-hybridized carbons (Fsp3) is 0.467. The van der Waals surface area contributed by atoms with Crippen LogP contribution in [0.1, 0.15) is 25.8 Å². The smallest absolute Gasteiger partial charge is 0.327 e. The van der Waals surface area contributed by atoms with Crippen molar-refractivity contribution in [2.45, 2.75) is 49.2 Å². The lowest BCUT2D eigenvalue weighted by molar-refractivity contribution is -0.655. The number of hydrogen-bond acceptors (Lipinski definition) is 5. The van der Waals surface area contributed by atoms with Crippen LogP contribution in [0.4, 0.5) is 18.9 Å². The second-order valence-electron chi connectivity index (χ2n) is 11.2. The van der Waals surface area contributed by atoms with Crippen LogP contribution < -0.4 is 20.9 Å². The normalized spacial score (nSPS) is 24.1. The predicted octanol–water partition coefficient (Wildman–Crippen LogP) is 2.82. The van der Waals surface area contributed by atoms with E-state index in [4.69, 9.17) is 0 Å². The molecular weight excluding hydrogens is 584 g/mol. The van der Waals surface area contributed by atoms with E-state index in [9.17, 15) is 19.1 Å². The number of benzene rings is 2. The number of aliphatic carboxylic acids is 1. The third kappa shape index (κ3) is 7.78. The molecule has 1 fully saturated rings. The van der Waals surface area contributed by atoms with E-state index < -0.39 is 47.3 Å². The Labute approximate surface area is 251 Å². The lowest BCUT2D eigenvalue weighted by Gasteiger charge is -2.39. The highest BCUT2D eigenvalue weighted by Crippen LogP contribution is 2.44. The van der Waals surface area contributed by atoms with Gasteiger partial charge in [-0.3, -0.25) is 10.1 Å². The number of carbonyl (C=O) groups excluding carboxylic acids is 1. The van der Waals surface area contributed by atoms with Crippen molar-refractivity contribution in [2.24, 2.45) is 0 Å². The number of rotatable bonds is 7. The Hall–Kier alpha value is -2.77. The Kier molecular flexibility index (Phi) is 10.1. The van der Waals surface area contributed by atoms with E-state index in [-0.39, 0.29) is 17.1 Å². The summed E-state index contributed by atoms with van der Waals surface area (Å²) in [4.78, 5) is 27.3. The summed E-state index contributed by atoms with van der Waals surface area (Å²) in [6, 6.07) is 11.8. The lowest BCUT2D eigenvalue weighted by Crippen LogP contribution is -2.89. The minimum atomic E-state index is -3.60. The van der Waals surface area contributed by atoms with Gasteiger partial charge in [0.25, 0.3) is 5.66 Å². The molecular formula is C30H37F3N4O3PS+. The highest BCUT2D eigenvalue weighted by molar-refractivity contribution is 7.99. The van der Waals surface area contributed by atoms with Gasteiger partial charge in [0.15, 0.2) is 5.54 Å². The van der Waals surface area contributed by atoms with Gasteiger partial charge in [0.1, 0.15) is 11.7 Å². The molecule has 2 unspecified atom stereocenters. The van der Waals surface area contributed by atoms with Crippen molar-refractivity contribution >= 4 is 38.6 Å². The summed E-state index contributed by atoms with van der Waals surface area (Å²) in [6.45, 7) is 6.50. The van der Waals surface area contributed by atoms with Gasteiger partial charge in [0, 0.05) is 17.9 Å². The van der Waals surface area contributed by atoms with E-state index in [2.05, 4.69) is 32.7 Å². The van der Waals surface area contributed by atoms with Gasteiger partial charge in [-0.25, -0.2) is 9.18 Å². The van der Waals surface area contributed by atoms with Crippen LogP contribution in [-0.4, -0.2) is 78.1 Å². The molecule has 2 aromatic carbocycles. The third-order valence-electron chi connectivity index (χ3n) is 7.34. The number of nitrogens with one attached hydrogen (secondary N) is 2. The molecule has 1 amide bonds. The second kappa shape index (κ2) is 13.3. The molecule has 4 rings (SSSR count). The van der Waals surface area contributed by atoms with Crippen LogP contribution in [0.3, 0.4) is 0 Å². The van der Waals surface area contributed by atoms with Crippen molar-refractivity contribution in [1.82, 2.24) is 10.6 Å². The highest BCUT2D eigenvalue weighted by Gasteiger charge is 2.53. The minimum absolute atomic E-state index is 0.0184. The second-order valence-corrected chi connectivity index (χ2v) is 12.9. The summed E-state index contributed by atoms with van der Waals surface area (Å²) < 4.78 is 46.2. The van der Waals surface area contributed by atoms with Crippen LogP contribution in [0.25, 0.3) is 11.1 Å². The molecule has 0 saturated carbocycles. The van der Waals surface area contributed by atoms with Crippen molar-refractivity contribution in [3.63, 3.8) is 0 Å². The molecule has 226 valence electrons. The number of anilines is 1. The van der Waals surface area contributed by atoms with Gasteiger partial charge in [-0.15, -0.1) is 11.8 Å². The van der Waals surface area contributed by atoms with E-state index in [0.717, 1.165) is 54.8 Å². The first-order valence-electron chi connectivity index (χ1n) is 13.8.